The number of carbonyl (C=O) groups is 1. The van der Waals surface area contributed by atoms with Crippen molar-refractivity contribution < 1.29 is 42.5 Å². The van der Waals surface area contributed by atoms with Gasteiger partial charge in [0.25, 0.3) is 0 Å². The second-order valence-electron chi connectivity index (χ2n) is 9.28. The van der Waals surface area contributed by atoms with E-state index in [9.17, 15) is 19.6 Å². The first kappa shape index (κ1) is 29.0. The molecule has 37 heavy (non-hydrogen) atoms. The van der Waals surface area contributed by atoms with E-state index in [0.29, 0.717) is 0 Å². The van der Waals surface area contributed by atoms with Crippen LogP contribution in [0.15, 0.2) is 47.6 Å². The van der Waals surface area contributed by atoms with Gasteiger partial charge in [-0.05, 0) is 39.0 Å². The number of para-hydroxylation sites is 1. The number of hydrogen-bond donors (Lipinski definition) is 4. The molecule has 12 nitrogen and oxygen atoms in total. The summed E-state index contributed by atoms with van der Waals surface area (Å²) < 4.78 is 51.5. The van der Waals surface area contributed by atoms with Crippen LogP contribution in [-0.2, 0) is 23.4 Å². The number of aliphatic hydroxyl groups excluding tert-OH is 2. The van der Waals surface area contributed by atoms with E-state index in [4.69, 9.17) is 24.3 Å². The van der Waals surface area contributed by atoms with Gasteiger partial charge in [0.1, 0.15) is 17.6 Å². The van der Waals surface area contributed by atoms with E-state index in [-0.39, 0.29) is 11.6 Å². The Labute approximate surface area is 214 Å². The number of alkyl halides is 1. The number of aliphatic hydroxyl groups is 2. The van der Waals surface area contributed by atoms with Crippen LogP contribution in [-0.4, -0.2) is 77.1 Å². The van der Waals surface area contributed by atoms with Crippen LogP contribution in [0, 0.1) is 5.41 Å². The molecule has 0 radical (unpaired) electrons. The SMILES string of the molecule is CC(C)OC(=O)[C@H](C)NP(=O)(OC[C@H]1O[C@@H](N2C=CC(N)=NC2O)C(F)C1(C)CO)Oc1ccccc1. The zero-order valence-corrected chi connectivity index (χ0v) is 22.0. The minimum atomic E-state index is -4.26. The second kappa shape index (κ2) is 11.9. The van der Waals surface area contributed by atoms with Gasteiger partial charge in [0.15, 0.2) is 12.4 Å². The molecule has 0 aromatic heterocycles. The van der Waals surface area contributed by atoms with Gasteiger partial charge >= 0.3 is 13.7 Å². The molecule has 206 valence electrons. The highest BCUT2D eigenvalue weighted by Gasteiger charge is 2.57. The number of carbonyl (C=O) groups excluding carboxylic acids is 1. The molecule has 1 aromatic rings. The number of halogens is 1. The van der Waals surface area contributed by atoms with Gasteiger partial charge < -0.3 is 34.8 Å². The van der Waals surface area contributed by atoms with Crippen molar-refractivity contribution in [2.24, 2.45) is 16.1 Å². The summed E-state index contributed by atoms with van der Waals surface area (Å²) in [4.78, 5) is 17.2. The molecule has 1 aromatic carbocycles. The number of ether oxygens (including phenoxy) is 2. The number of amidine groups is 1. The summed E-state index contributed by atoms with van der Waals surface area (Å²) in [6, 6.07) is 7.06. The summed E-state index contributed by atoms with van der Waals surface area (Å²) in [7, 11) is -4.26. The van der Waals surface area contributed by atoms with Crippen LogP contribution < -0.4 is 15.3 Å². The van der Waals surface area contributed by atoms with E-state index in [1.165, 1.54) is 26.1 Å². The maximum atomic E-state index is 15.6. The fourth-order valence-corrected chi connectivity index (χ4v) is 5.23. The summed E-state index contributed by atoms with van der Waals surface area (Å²) in [6.07, 6.45) is -3.49. The highest BCUT2D eigenvalue weighted by molar-refractivity contribution is 7.52. The van der Waals surface area contributed by atoms with E-state index in [0.717, 1.165) is 4.90 Å². The summed E-state index contributed by atoms with van der Waals surface area (Å²) in [5.74, 6) is -0.433. The summed E-state index contributed by atoms with van der Waals surface area (Å²) in [5.41, 5.74) is 4.06. The van der Waals surface area contributed by atoms with Crippen molar-refractivity contribution in [1.82, 2.24) is 9.99 Å². The molecule has 1 fully saturated rings. The van der Waals surface area contributed by atoms with Gasteiger partial charge in [-0.2, -0.15) is 5.09 Å². The van der Waals surface area contributed by atoms with Gasteiger partial charge in [-0.25, -0.2) is 13.9 Å². The zero-order valence-electron chi connectivity index (χ0n) is 21.1. The van der Waals surface area contributed by atoms with Gasteiger partial charge in [0.05, 0.1) is 30.8 Å². The number of nitrogens with one attached hydrogen (secondary N) is 1. The van der Waals surface area contributed by atoms with Crippen molar-refractivity contribution in [2.75, 3.05) is 13.2 Å². The third-order valence-electron chi connectivity index (χ3n) is 5.92. The first-order valence-corrected chi connectivity index (χ1v) is 13.3. The number of nitrogens with zero attached hydrogens (tertiary/aromatic N) is 2. The Morgan fingerprint density at radius 1 is 1.35 bits per heavy atom. The molecule has 0 amide bonds. The number of esters is 1. The van der Waals surface area contributed by atoms with Crippen molar-refractivity contribution in [3.8, 4) is 5.75 Å². The summed E-state index contributed by atoms with van der Waals surface area (Å²) in [6.45, 7) is 5.08. The van der Waals surface area contributed by atoms with E-state index in [1.54, 1.807) is 44.2 Å². The van der Waals surface area contributed by atoms with E-state index >= 15 is 4.39 Å². The molecule has 0 saturated carbocycles. The predicted octanol–water partition coefficient (Wildman–Crippen LogP) is 1.64. The normalized spacial score (nSPS) is 30.1. The molecule has 4 unspecified atom stereocenters. The molecule has 5 N–H and O–H groups in total. The molecule has 2 aliphatic heterocycles. The molecule has 7 atom stereocenters. The summed E-state index contributed by atoms with van der Waals surface area (Å²) >= 11 is 0. The monoisotopic (exact) mass is 544 g/mol. The Hall–Kier alpha value is -2.54. The van der Waals surface area contributed by atoms with Crippen LogP contribution in [0.5, 0.6) is 5.75 Å². The van der Waals surface area contributed by atoms with Gasteiger partial charge in [0, 0.05) is 6.20 Å². The maximum absolute atomic E-state index is 15.6. The number of aliphatic imine (C=N–C) groups is 1. The molecule has 3 rings (SSSR count). The molecule has 1 saturated heterocycles. The van der Waals surface area contributed by atoms with Crippen molar-refractivity contribution >= 4 is 19.6 Å². The summed E-state index contributed by atoms with van der Waals surface area (Å²) in [5, 5.41) is 22.8. The fourth-order valence-electron chi connectivity index (χ4n) is 3.73. The van der Waals surface area contributed by atoms with E-state index in [2.05, 4.69) is 10.1 Å². The highest BCUT2D eigenvalue weighted by atomic mass is 31.2. The molecule has 2 aliphatic rings. The van der Waals surface area contributed by atoms with Gasteiger partial charge in [-0.3, -0.25) is 9.32 Å². The lowest BCUT2D eigenvalue weighted by atomic mass is 9.82. The van der Waals surface area contributed by atoms with Crippen molar-refractivity contribution in [2.45, 2.75) is 64.7 Å². The Morgan fingerprint density at radius 3 is 2.62 bits per heavy atom. The maximum Gasteiger partial charge on any atom is 0.459 e. The lowest BCUT2D eigenvalue weighted by Gasteiger charge is -2.33. The minimum Gasteiger partial charge on any atom is -0.462 e. The molecule has 14 heteroatoms. The molecule has 0 aliphatic carbocycles. The fraction of sp³-hybridized carbons (Fsp3) is 0.565. The third kappa shape index (κ3) is 6.86. The van der Waals surface area contributed by atoms with Crippen molar-refractivity contribution in [3.05, 3.63) is 42.6 Å². The Balaban J connectivity index is 1.79. The largest absolute Gasteiger partial charge is 0.462 e. The van der Waals surface area contributed by atoms with Crippen molar-refractivity contribution in [3.63, 3.8) is 0 Å². The van der Waals surface area contributed by atoms with Crippen LogP contribution in [0.1, 0.15) is 27.7 Å². The van der Waals surface area contributed by atoms with Crippen LogP contribution in [0.2, 0.25) is 0 Å². The second-order valence-corrected chi connectivity index (χ2v) is 11.0. The van der Waals surface area contributed by atoms with Crippen LogP contribution in [0.4, 0.5) is 4.39 Å². The smallest absolute Gasteiger partial charge is 0.459 e. The average Bonchev–Trinajstić information content (AvgIpc) is 3.08. The number of hydrogen-bond acceptors (Lipinski definition) is 11. The first-order chi connectivity index (χ1) is 17.4. The van der Waals surface area contributed by atoms with Crippen LogP contribution >= 0.6 is 7.75 Å². The molecule has 2 heterocycles. The molecule has 0 bridgehead atoms. The molecule has 0 spiro atoms. The quantitative estimate of drug-likeness (QED) is 0.236. The van der Waals surface area contributed by atoms with E-state index in [1.807, 2.05) is 0 Å². The molecular weight excluding hydrogens is 510 g/mol. The molecular formula is C23H34FN4O8P. The number of benzene rings is 1. The van der Waals surface area contributed by atoms with E-state index < -0.39 is 69.3 Å². The topological polar surface area (TPSA) is 165 Å². The average molecular weight is 545 g/mol. The Kier molecular flexibility index (Phi) is 9.32. The van der Waals surface area contributed by atoms with Gasteiger partial charge in [0.2, 0.25) is 6.35 Å². The van der Waals surface area contributed by atoms with Gasteiger partial charge in [-0.15, -0.1) is 0 Å². The first-order valence-electron chi connectivity index (χ1n) is 11.7. The highest BCUT2D eigenvalue weighted by Crippen LogP contribution is 2.48. The lowest BCUT2D eigenvalue weighted by Crippen LogP contribution is -2.48. The Bertz CT molecular complexity index is 1040. The van der Waals surface area contributed by atoms with Crippen LogP contribution in [0.3, 0.4) is 0 Å². The number of nitrogens with two attached hydrogens (primary N) is 1. The lowest BCUT2D eigenvalue weighted by molar-refractivity contribution is -0.149. The van der Waals surface area contributed by atoms with Crippen LogP contribution in [0.25, 0.3) is 0 Å². The Morgan fingerprint density at radius 2 is 2.03 bits per heavy atom. The standard InChI is InChI=1S/C23H34FN4O8P/c1-14(2)34-21(30)15(3)27-37(32,36-16-8-6-5-7-9-16)33-12-17-23(4,13-29)19(24)20(35-17)28-11-10-18(25)26-22(28)31/h5-11,14-15,17,19-20,22,29,31H,12-13H2,1-4H3,(H2,25,26)(H,27,32)/t15-,17+,19?,20+,22?,23?,37?/m0/s1. The van der Waals surface area contributed by atoms with Gasteiger partial charge in [-0.1, -0.05) is 25.1 Å². The third-order valence-corrected chi connectivity index (χ3v) is 7.57. The number of rotatable bonds is 11. The van der Waals surface area contributed by atoms with Crippen molar-refractivity contribution in [1.29, 1.82) is 0 Å². The predicted molar refractivity (Wildman–Crippen MR) is 132 cm³/mol. The zero-order chi connectivity index (χ0) is 27.4. The minimum absolute atomic E-state index is 0.0529.